The molecule has 1 heterocycles. The monoisotopic (exact) mass is 370 g/mol. The number of urea groups is 1. The molecule has 1 N–H and O–H groups in total. The third kappa shape index (κ3) is 3.08. The number of likely N-dealkylation sites (N-methyl/N-ethyl adjacent to an activating group) is 1. The summed E-state index contributed by atoms with van der Waals surface area (Å²) in [4.78, 5) is 58.7. The van der Waals surface area contributed by atoms with E-state index in [1.807, 2.05) is 0 Å². The summed E-state index contributed by atoms with van der Waals surface area (Å²) in [6.07, 6.45) is 0. The maximum absolute atomic E-state index is 12.5. The largest absolute Gasteiger partial charge is 0.477 e. The van der Waals surface area contributed by atoms with Crippen molar-refractivity contribution in [2.24, 2.45) is 0 Å². The zero-order valence-electron chi connectivity index (χ0n) is 13.0. The lowest BCUT2D eigenvalue weighted by Crippen LogP contribution is -2.56. The second-order valence-corrected chi connectivity index (χ2v) is 5.77. The maximum atomic E-state index is 12.5. The summed E-state index contributed by atoms with van der Waals surface area (Å²) in [5.74, 6) is -3.69. The van der Waals surface area contributed by atoms with Crippen LogP contribution in [0.2, 0.25) is 5.02 Å². The molecule has 1 aromatic rings. The van der Waals surface area contributed by atoms with E-state index in [2.05, 4.69) is 0 Å². The second kappa shape index (κ2) is 6.57. The number of nitro benzene ring substituents is 1. The number of nitro groups is 1. The third-order valence-corrected chi connectivity index (χ3v) is 4.23. The van der Waals surface area contributed by atoms with Gasteiger partial charge in [0, 0.05) is 6.07 Å². The molecule has 0 radical (unpaired) electrons. The number of hydrogen-bond donors (Lipinski definition) is 1. The standard InChI is InChI=1S/C14H12ClN3O7/c1-2-18(7-11(19)20)13(22)12(21)16(14(18)23)6-8-3-4-9(15)10(5-8)17(24)25/h3-5H,2,6-7H2,1H3/p+1. The fraction of sp³-hybridized carbons (Fsp3) is 0.286. The Morgan fingerprint density at radius 1 is 1.36 bits per heavy atom. The number of amides is 4. The lowest BCUT2D eigenvalue weighted by Gasteiger charge is -2.23. The molecule has 2 rings (SSSR count). The van der Waals surface area contributed by atoms with Crippen molar-refractivity contribution in [3.05, 3.63) is 38.9 Å². The van der Waals surface area contributed by atoms with E-state index < -0.39 is 52.0 Å². The Morgan fingerprint density at radius 2 is 2.00 bits per heavy atom. The molecule has 0 bridgehead atoms. The van der Waals surface area contributed by atoms with Crippen molar-refractivity contribution in [2.75, 3.05) is 13.1 Å². The lowest BCUT2D eigenvalue weighted by molar-refractivity contribution is -0.758. The van der Waals surface area contributed by atoms with Gasteiger partial charge in [0.05, 0.1) is 18.0 Å². The number of carbonyl (C=O) groups excluding carboxylic acids is 3. The Labute approximate surface area is 145 Å². The summed E-state index contributed by atoms with van der Waals surface area (Å²) in [6.45, 7) is -0.0339. The van der Waals surface area contributed by atoms with Crippen molar-refractivity contribution >= 4 is 41.1 Å². The average Bonchev–Trinajstić information content (AvgIpc) is 2.71. The van der Waals surface area contributed by atoms with E-state index in [0.717, 1.165) is 6.07 Å². The molecule has 1 saturated heterocycles. The molecule has 11 heteroatoms. The first-order valence-electron chi connectivity index (χ1n) is 7.06. The molecular weight excluding hydrogens is 358 g/mol. The zero-order chi connectivity index (χ0) is 18.9. The minimum Gasteiger partial charge on any atom is -0.477 e. The van der Waals surface area contributed by atoms with Gasteiger partial charge in [-0.3, -0.25) is 14.9 Å². The van der Waals surface area contributed by atoms with Gasteiger partial charge in [-0.05, 0) is 18.6 Å². The fourth-order valence-corrected chi connectivity index (χ4v) is 2.77. The Hall–Kier alpha value is -2.85. The smallest absolute Gasteiger partial charge is 0.435 e. The Bertz CT molecular complexity index is 810. The van der Waals surface area contributed by atoms with Gasteiger partial charge < -0.3 is 5.11 Å². The summed E-state index contributed by atoms with van der Waals surface area (Å²) in [7, 11) is 0. The zero-order valence-corrected chi connectivity index (χ0v) is 13.7. The van der Waals surface area contributed by atoms with Gasteiger partial charge in [-0.2, -0.15) is 4.48 Å². The highest BCUT2D eigenvalue weighted by atomic mass is 35.5. The highest BCUT2D eigenvalue weighted by molar-refractivity contribution is 6.40. The van der Waals surface area contributed by atoms with E-state index in [4.69, 9.17) is 16.7 Å². The van der Waals surface area contributed by atoms with Gasteiger partial charge in [-0.25, -0.2) is 19.3 Å². The SMILES string of the molecule is CC[N+]1(CC(=O)O)C(=O)C(=O)N(Cc2ccc(Cl)c([N+](=O)[O-])c2)C1=O. The molecule has 1 aliphatic rings. The van der Waals surface area contributed by atoms with Crippen LogP contribution >= 0.6 is 11.6 Å². The summed E-state index contributed by atoms with van der Waals surface area (Å²) >= 11 is 5.70. The predicted octanol–water partition coefficient (Wildman–Crippen LogP) is 1.16. The van der Waals surface area contributed by atoms with Gasteiger partial charge in [0.15, 0.2) is 6.54 Å². The Kier molecular flexibility index (Phi) is 4.86. The number of rotatable bonds is 6. The number of nitrogens with zero attached hydrogens (tertiary/aromatic N) is 3. The number of halogens is 1. The van der Waals surface area contributed by atoms with Crippen molar-refractivity contribution in [1.82, 2.24) is 4.90 Å². The molecule has 0 aromatic heterocycles. The third-order valence-electron chi connectivity index (χ3n) is 3.91. The summed E-state index contributed by atoms with van der Waals surface area (Å²) in [6, 6.07) is 2.72. The number of hydrogen-bond acceptors (Lipinski definition) is 6. The van der Waals surface area contributed by atoms with Gasteiger partial charge in [-0.1, -0.05) is 17.7 Å². The second-order valence-electron chi connectivity index (χ2n) is 5.36. The normalized spacial score (nSPS) is 20.2. The molecule has 0 spiro atoms. The molecule has 25 heavy (non-hydrogen) atoms. The van der Waals surface area contributed by atoms with Crippen molar-refractivity contribution in [2.45, 2.75) is 13.5 Å². The molecule has 0 aliphatic carbocycles. The molecule has 1 fully saturated rings. The van der Waals surface area contributed by atoms with Crippen LogP contribution in [-0.4, -0.2) is 56.3 Å². The minimum atomic E-state index is -1.40. The van der Waals surface area contributed by atoms with Gasteiger partial charge in [-0.15, -0.1) is 0 Å². The van der Waals surface area contributed by atoms with Crippen LogP contribution in [0, 0.1) is 10.1 Å². The van der Waals surface area contributed by atoms with Crippen LogP contribution in [0.4, 0.5) is 10.5 Å². The van der Waals surface area contributed by atoms with E-state index in [1.54, 1.807) is 0 Å². The van der Waals surface area contributed by atoms with E-state index in [0.29, 0.717) is 4.90 Å². The van der Waals surface area contributed by atoms with E-state index >= 15 is 0 Å². The molecule has 132 valence electrons. The Balaban J connectivity index is 2.38. The van der Waals surface area contributed by atoms with E-state index in [1.165, 1.54) is 19.1 Å². The van der Waals surface area contributed by atoms with Crippen molar-refractivity contribution in [1.29, 1.82) is 0 Å². The van der Waals surface area contributed by atoms with Crippen LogP contribution in [-0.2, 0) is 20.9 Å². The first-order chi connectivity index (χ1) is 11.6. The lowest BCUT2D eigenvalue weighted by atomic mass is 10.2. The van der Waals surface area contributed by atoms with Crippen LogP contribution in [0.5, 0.6) is 0 Å². The molecule has 1 unspecified atom stereocenters. The number of quaternary nitrogens is 1. The number of imide groups is 2. The topological polar surface area (TPSA) is 135 Å². The van der Waals surface area contributed by atoms with Crippen LogP contribution in [0.25, 0.3) is 0 Å². The maximum Gasteiger partial charge on any atom is 0.435 e. The summed E-state index contributed by atoms with van der Waals surface area (Å²) in [5.41, 5.74) is -0.205. The van der Waals surface area contributed by atoms with Gasteiger partial charge in [0.2, 0.25) is 0 Å². The fourth-order valence-electron chi connectivity index (χ4n) is 2.58. The molecule has 1 aliphatic heterocycles. The molecule has 4 amide bonds. The average molecular weight is 371 g/mol. The van der Waals surface area contributed by atoms with Crippen LogP contribution in [0.1, 0.15) is 12.5 Å². The summed E-state index contributed by atoms with van der Waals surface area (Å²) < 4.78 is -1.15. The highest BCUT2D eigenvalue weighted by Crippen LogP contribution is 2.28. The van der Waals surface area contributed by atoms with E-state index in [-0.39, 0.29) is 17.1 Å². The molecule has 1 atom stereocenters. The number of carbonyl (C=O) groups is 4. The quantitative estimate of drug-likeness (QED) is 0.261. The van der Waals surface area contributed by atoms with Crippen molar-refractivity contribution in [3.8, 4) is 0 Å². The van der Waals surface area contributed by atoms with Gasteiger partial charge in [0.25, 0.3) is 5.69 Å². The van der Waals surface area contributed by atoms with Crippen LogP contribution < -0.4 is 0 Å². The Morgan fingerprint density at radius 3 is 2.52 bits per heavy atom. The number of aliphatic carboxylic acids is 1. The first kappa shape index (κ1) is 18.5. The molecule has 1 aromatic carbocycles. The van der Waals surface area contributed by atoms with Crippen molar-refractivity contribution in [3.63, 3.8) is 0 Å². The van der Waals surface area contributed by atoms with Gasteiger partial charge in [0.1, 0.15) is 5.02 Å². The molecular formula is C14H13ClN3O7+. The first-order valence-corrected chi connectivity index (χ1v) is 7.44. The van der Waals surface area contributed by atoms with Crippen molar-refractivity contribution < 1.29 is 33.7 Å². The number of carboxylic acid groups (broad SMARTS) is 1. The van der Waals surface area contributed by atoms with Crippen LogP contribution in [0.15, 0.2) is 18.2 Å². The molecule has 10 nitrogen and oxygen atoms in total. The van der Waals surface area contributed by atoms with Gasteiger partial charge >= 0.3 is 23.8 Å². The highest BCUT2D eigenvalue weighted by Gasteiger charge is 2.61. The number of carboxylic acids is 1. The van der Waals surface area contributed by atoms with E-state index in [9.17, 15) is 29.3 Å². The molecule has 0 saturated carbocycles. The summed E-state index contributed by atoms with van der Waals surface area (Å²) in [5, 5.41) is 19.8. The predicted molar refractivity (Wildman–Crippen MR) is 82.4 cm³/mol. The number of benzene rings is 1. The minimum absolute atomic E-state index is 0.117. The van der Waals surface area contributed by atoms with Crippen LogP contribution in [0.3, 0.4) is 0 Å².